The molecule has 0 aromatic heterocycles. The van der Waals surface area contributed by atoms with E-state index in [4.69, 9.17) is 11.6 Å². The molecule has 0 aliphatic carbocycles. The minimum absolute atomic E-state index is 0.713. The molecule has 0 radical (unpaired) electrons. The number of aliphatic imine (C=N–C) groups is 1. The molecule has 1 fully saturated rings. The Bertz CT molecular complexity index is 503. The van der Waals surface area contributed by atoms with Crippen LogP contribution in [0.2, 0.25) is 5.02 Å². The lowest BCUT2D eigenvalue weighted by molar-refractivity contribution is 0.340. The number of likely N-dealkylation sites (tertiary alicyclic amines) is 1. The molecule has 1 aliphatic rings. The van der Waals surface area contributed by atoms with Crippen LogP contribution in [0.1, 0.15) is 18.9 Å². The highest BCUT2D eigenvalue weighted by atomic mass is 35.5. The van der Waals surface area contributed by atoms with Gasteiger partial charge in [-0.05, 0) is 37.1 Å². The average Bonchev–Trinajstić information content (AvgIpc) is 2.98. The second-order valence-electron chi connectivity index (χ2n) is 5.92. The third kappa shape index (κ3) is 4.62. The van der Waals surface area contributed by atoms with Gasteiger partial charge in [0.2, 0.25) is 0 Å². The van der Waals surface area contributed by atoms with Crippen LogP contribution in [0, 0.1) is 5.92 Å². The number of hydrogen-bond donors (Lipinski definition) is 1. The number of benzene rings is 1. The van der Waals surface area contributed by atoms with E-state index in [1.165, 1.54) is 19.5 Å². The maximum absolute atomic E-state index is 6.24. The molecule has 0 bridgehead atoms. The van der Waals surface area contributed by atoms with Gasteiger partial charge in [-0.1, -0.05) is 36.7 Å². The minimum atomic E-state index is 0.713. The Hall–Kier alpha value is -1.26. The van der Waals surface area contributed by atoms with E-state index in [0.29, 0.717) is 5.92 Å². The molecule has 1 aliphatic heterocycles. The molecule has 5 heteroatoms. The van der Waals surface area contributed by atoms with Crippen molar-refractivity contribution >= 4 is 17.6 Å². The summed E-state index contributed by atoms with van der Waals surface area (Å²) < 4.78 is 0. The number of hydrogen-bond acceptors (Lipinski definition) is 2. The van der Waals surface area contributed by atoms with Gasteiger partial charge in [-0.25, -0.2) is 0 Å². The van der Waals surface area contributed by atoms with E-state index in [1.807, 2.05) is 32.3 Å². The zero-order chi connectivity index (χ0) is 15.9. The number of guanidine groups is 1. The summed E-state index contributed by atoms with van der Waals surface area (Å²) in [5, 5.41) is 4.31. The van der Waals surface area contributed by atoms with Crippen LogP contribution in [-0.4, -0.2) is 56.0 Å². The van der Waals surface area contributed by atoms with Crippen molar-refractivity contribution in [3.8, 4) is 0 Å². The van der Waals surface area contributed by atoms with Crippen molar-refractivity contribution < 1.29 is 0 Å². The largest absolute Gasteiger partial charge is 0.356 e. The fourth-order valence-corrected chi connectivity index (χ4v) is 3.14. The van der Waals surface area contributed by atoms with Crippen LogP contribution < -0.4 is 5.32 Å². The molecule has 1 unspecified atom stereocenters. The number of nitrogens with zero attached hydrogens (tertiary/aromatic N) is 3. The van der Waals surface area contributed by atoms with Gasteiger partial charge in [0.1, 0.15) is 0 Å². The van der Waals surface area contributed by atoms with Crippen LogP contribution >= 0.6 is 11.6 Å². The van der Waals surface area contributed by atoms with E-state index < -0.39 is 0 Å². The van der Waals surface area contributed by atoms with Crippen molar-refractivity contribution in [2.45, 2.75) is 19.9 Å². The molecular weight excluding hydrogens is 296 g/mol. The molecule has 1 saturated heterocycles. The zero-order valence-corrected chi connectivity index (χ0v) is 14.6. The zero-order valence-electron chi connectivity index (χ0n) is 13.8. The second kappa shape index (κ2) is 8.39. The highest BCUT2D eigenvalue weighted by molar-refractivity contribution is 6.31. The summed E-state index contributed by atoms with van der Waals surface area (Å²) in [5.74, 6) is 1.64. The summed E-state index contributed by atoms with van der Waals surface area (Å²) in [4.78, 5) is 9.01. The average molecular weight is 323 g/mol. The van der Waals surface area contributed by atoms with Crippen molar-refractivity contribution in [3.63, 3.8) is 0 Å². The van der Waals surface area contributed by atoms with Crippen molar-refractivity contribution in [2.75, 3.05) is 40.3 Å². The van der Waals surface area contributed by atoms with Crippen LogP contribution in [0.25, 0.3) is 0 Å². The normalized spacial score (nSPS) is 19.5. The Morgan fingerprint density at radius 3 is 2.86 bits per heavy atom. The molecule has 1 aromatic carbocycles. The van der Waals surface area contributed by atoms with Crippen molar-refractivity contribution in [1.29, 1.82) is 0 Å². The lowest BCUT2D eigenvalue weighted by Gasteiger charge is -2.24. The molecule has 4 nitrogen and oxygen atoms in total. The summed E-state index contributed by atoms with van der Waals surface area (Å²) in [5.41, 5.74) is 1.12. The van der Waals surface area contributed by atoms with Crippen LogP contribution in [0.3, 0.4) is 0 Å². The highest BCUT2D eigenvalue weighted by Gasteiger charge is 2.21. The molecule has 122 valence electrons. The lowest BCUT2D eigenvalue weighted by Crippen LogP contribution is -2.41. The molecule has 0 saturated carbocycles. The molecule has 1 N–H and O–H groups in total. The van der Waals surface area contributed by atoms with Crippen LogP contribution in [0.5, 0.6) is 0 Å². The SMILES string of the molecule is CCN1CCC(CNC(=NC)N(C)Cc2ccccc2Cl)C1. The first-order chi connectivity index (χ1) is 10.6. The van der Waals surface area contributed by atoms with Gasteiger partial charge in [-0.15, -0.1) is 0 Å². The third-order valence-electron chi connectivity index (χ3n) is 4.30. The Labute approximate surface area is 139 Å². The lowest BCUT2D eigenvalue weighted by atomic mass is 10.1. The van der Waals surface area contributed by atoms with Crippen molar-refractivity contribution in [3.05, 3.63) is 34.9 Å². The van der Waals surface area contributed by atoms with Gasteiger partial charge in [-0.3, -0.25) is 4.99 Å². The number of halogens is 1. The predicted molar refractivity (Wildman–Crippen MR) is 94.5 cm³/mol. The molecule has 1 heterocycles. The van der Waals surface area contributed by atoms with Crippen LogP contribution in [-0.2, 0) is 6.54 Å². The van der Waals surface area contributed by atoms with Gasteiger partial charge in [0, 0.05) is 38.8 Å². The quantitative estimate of drug-likeness (QED) is 0.668. The Morgan fingerprint density at radius 2 is 2.23 bits per heavy atom. The van der Waals surface area contributed by atoms with Gasteiger partial charge in [0.15, 0.2) is 5.96 Å². The van der Waals surface area contributed by atoms with E-state index >= 15 is 0 Å². The van der Waals surface area contributed by atoms with Crippen LogP contribution in [0.15, 0.2) is 29.3 Å². The van der Waals surface area contributed by atoms with Gasteiger partial charge in [-0.2, -0.15) is 0 Å². The Balaban J connectivity index is 1.85. The molecule has 2 rings (SSSR count). The standard InChI is InChI=1S/C17H27ClN4/c1-4-22-10-9-14(12-22)11-20-17(19-2)21(3)13-15-7-5-6-8-16(15)18/h5-8,14H,4,9-13H2,1-3H3,(H,19,20). The Morgan fingerprint density at radius 1 is 1.45 bits per heavy atom. The number of rotatable bonds is 5. The fraction of sp³-hybridized carbons (Fsp3) is 0.588. The molecule has 22 heavy (non-hydrogen) atoms. The summed E-state index contributed by atoms with van der Waals surface area (Å²) >= 11 is 6.24. The van der Waals surface area contributed by atoms with Crippen molar-refractivity contribution in [1.82, 2.24) is 15.1 Å². The summed E-state index contributed by atoms with van der Waals surface area (Å²) in [7, 11) is 3.88. The maximum atomic E-state index is 6.24. The molecule has 1 atom stereocenters. The van der Waals surface area contributed by atoms with E-state index in [0.717, 1.165) is 36.2 Å². The third-order valence-corrected chi connectivity index (χ3v) is 4.67. The van der Waals surface area contributed by atoms with E-state index in [-0.39, 0.29) is 0 Å². The highest BCUT2D eigenvalue weighted by Crippen LogP contribution is 2.17. The summed E-state index contributed by atoms with van der Waals surface area (Å²) in [6.07, 6.45) is 1.27. The minimum Gasteiger partial charge on any atom is -0.356 e. The first-order valence-corrected chi connectivity index (χ1v) is 8.39. The maximum Gasteiger partial charge on any atom is 0.193 e. The van der Waals surface area contributed by atoms with Gasteiger partial charge in [0.05, 0.1) is 0 Å². The smallest absolute Gasteiger partial charge is 0.193 e. The topological polar surface area (TPSA) is 30.9 Å². The first kappa shape index (κ1) is 17.1. The number of nitrogens with one attached hydrogen (secondary N) is 1. The summed E-state index contributed by atoms with van der Waals surface area (Å²) in [6.45, 7) is 7.52. The van der Waals surface area contributed by atoms with Gasteiger partial charge >= 0.3 is 0 Å². The molecule has 0 spiro atoms. The van der Waals surface area contributed by atoms with E-state index in [2.05, 4.69) is 33.1 Å². The van der Waals surface area contributed by atoms with E-state index in [9.17, 15) is 0 Å². The second-order valence-corrected chi connectivity index (χ2v) is 6.33. The fourth-order valence-electron chi connectivity index (χ4n) is 2.94. The van der Waals surface area contributed by atoms with E-state index in [1.54, 1.807) is 0 Å². The molecule has 0 amide bonds. The molecular formula is C17H27ClN4. The monoisotopic (exact) mass is 322 g/mol. The Kier molecular flexibility index (Phi) is 6.52. The predicted octanol–water partition coefficient (Wildman–Crippen LogP) is 2.69. The van der Waals surface area contributed by atoms with Crippen molar-refractivity contribution in [2.24, 2.45) is 10.9 Å². The first-order valence-electron chi connectivity index (χ1n) is 8.01. The van der Waals surface area contributed by atoms with Gasteiger partial charge < -0.3 is 15.1 Å². The molecule has 1 aromatic rings. The van der Waals surface area contributed by atoms with Crippen LogP contribution in [0.4, 0.5) is 0 Å². The van der Waals surface area contributed by atoms with Gasteiger partial charge in [0.25, 0.3) is 0 Å². The summed E-state index contributed by atoms with van der Waals surface area (Å²) in [6, 6.07) is 7.96.